The van der Waals surface area contributed by atoms with Crippen LogP contribution in [0.4, 0.5) is 0 Å². The zero-order valence-electron chi connectivity index (χ0n) is 8.49. The van der Waals surface area contributed by atoms with Gasteiger partial charge in [-0.15, -0.1) is 0 Å². The summed E-state index contributed by atoms with van der Waals surface area (Å²) in [4.78, 5) is 0. The lowest BCUT2D eigenvalue weighted by atomic mass is 9.92. The summed E-state index contributed by atoms with van der Waals surface area (Å²) in [5.41, 5.74) is 2.51. The highest BCUT2D eigenvalue weighted by Gasteiger charge is 2.45. The van der Waals surface area contributed by atoms with Crippen molar-refractivity contribution in [1.82, 2.24) is 0 Å². The summed E-state index contributed by atoms with van der Waals surface area (Å²) in [5, 5.41) is 9.24. The molecular formula is C12H16O2. The quantitative estimate of drug-likeness (QED) is 0.789. The van der Waals surface area contributed by atoms with Crippen molar-refractivity contribution in [2.75, 3.05) is 13.7 Å². The van der Waals surface area contributed by atoms with Gasteiger partial charge in [0, 0.05) is 12.5 Å². The minimum Gasteiger partial charge on any atom is -0.392 e. The molecule has 1 N–H and O–H groups in total. The van der Waals surface area contributed by atoms with Crippen molar-refractivity contribution in [3.63, 3.8) is 0 Å². The van der Waals surface area contributed by atoms with E-state index in [-0.39, 0.29) is 12.0 Å². The molecule has 0 unspecified atom stereocenters. The molecule has 0 atom stereocenters. The summed E-state index contributed by atoms with van der Waals surface area (Å²) in [5.74, 6) is 0. The number of methoxy groups -OCH3 is 1. The first kappa shape index (κ1) is 9.69. The average Bonchev–Trinajstić information content (AvgIpc) is 2.99. The van der Waals surface area contributed by atoms with E-state index in [1.165, 1.54) is 18.4 Å². The van der Waals surface area contributed by atoms with Crippen LogP contribution in [0.2, 0.25) is 0 Å². The van der Waals surface area contributed by atoms with E-state index in [2.05, 4.69) is 6.07 Å². The van der Waals surface area contributed by atoms with E-state index in [9.17, 15) is 5.11 Å². The molecule has 76 valence electrons. The van der Waals surface area contributed by atoms with E-state index in [1.807, 2.05) is 18.2 Å². The fourth-order valence-corrected chi connectivity index (χ4v) is 2.09. The summed E-state index contributed by atoms with van der Waals surface area (Å²) in [7, 11) is 1.74. The Kier molecular flexibility index (Phi) is 2.57. The standard InChI is InChI=1S/C12H16O2/c1-14-9-12(6-7-12)11-5-3-2-4-10(11)8-13/h2-5,13H,6-9H2,1H3. The van der Waals surface area contributed by atoms with Crippen molar-refractivity contribution in [1.29, 1.82) is 0 Å². The second-order valence-electron chi connectivity index (χ2n) is 4.03. The lowest BCUT2D eigenvalue weighted by Gasteiger charge is -2.17. The largest absolute Gasteiger partial charge is 0.392 e. The predicted molar refractivity (Wildman–Crippen MR) is 55.2 cm³/mol. The Labute approximate surface area is 84.5 Å². The van der Waals surface area contributed by atoms with Crippen LogP contribution in [0.25, 0.3) is 0 Å². The van der Waals surface area contributed by atoms with Gasteiger partial charge in [0.25, 0.3) is 0 Å². The monoisotopic (exact) mass is 192 g/mol. The fraction of sp³-hybridized carbons (Fsp3) is 0.500. The van der Waals surface area contributed by atoms with Gasteiger partial charge < -0.3 is 9.84 Å². The number of hydrogen-bond acceptors (Lipinski definition) is 2. The molecule has 0 aliphatic heterocycles. The molecule has 0 aromatic heterocycles. The van der Waals surface area contributed by atoms with Gasteiger partial charge in [0.1, 0.15) is 0 Å². The molecule has 1 saturated carbocycles. The highest BCUT2D eigenvalue weighted by molar-refractivity contribution is 5.38. The molecule has 1 aliphatic carbocycles. The molecule has 0 bridgehead atoms. The summed E-state index contributed by atoms with van der Waals surface area (Å²) >= 11 is 0. The molecule has 1 aliphatic rings. The molecule has 0 radical (unpaired) electrons. The van der Waals surface area contributed by atoms with Crippen LogP contribution in [0.3, 0.4) is 0 Å². The molecule has 14 heavy (non-hydrogen) atoms. The number of aliphatic hydroxyl groups is 1. The zero-order chi connectivity index (χ0) is 10.0. The van der Waals surface area contributed by atoms with E-state index >= 15 is 0 Å². The van der Waals surface area contributed by atoms with Crippen molar-refractivity contribution in [2.45, 2.75) is 24.9 Å². The second kappa shape index (κ2) is 3.71. The second-order valence-corrected chi connectivity index (χ2v) is 4.03. The summed E-state index contributed by atoms with van der Waals surface area (Å²) in [6, 6.07) is 8.10. The first-order valence-corrected chi connectivity index (χ1v) is 5.00. The third-order valence-electron chi connectivity index (χ3n) is 3.03. The highest BCUT2D eigenvalue weighted by atomic mass is 16.5. The van der Waals surface area contributed by atoms with E-state index < -0.39 is 0 Å². The van der Waals surface area contributed by atoms with Gasteiger partial charge in [-0.3, -0.25) is 0 Å². The van der Waals surface area contributed by atoms with Crippen molar-refractivity contribution < 1.29 is 9.84 Å². The topological polar surface area (TPSA) is 29.5 Å². The van der Waals surface area contributed by atoms with Crippen LogP contribution >= 0.6 is 0 Å². The SMILES string of the molecule is COCC1(c2ccccc2CO)CC1. The van der Waals surface area contributed by atoms with Gasteiger partial charge in [-0.1, -0.05) is 24.3 Å². The Hall–Kier alpha value is -0.860. The Morgan fingerprint density at radius 1 is 1.36 bits per heavy atom. The normalized spacial score (nSPS) is 18.1. The van der Waals surface area contributed by atoms with Crippen LogP contribution in [0.5, 0.6) is 0 Å². The average molecular weight is 192 g/mol. The molecule has 1 aromatic rings. The van der Waals surface area contributed by atoms with Gasteiger partial charge in [-0.05, 0) is 24.0 Å². The predicted octanol–water partition coefficient (Wildman–Crippen LogP) is 1.86. The van der Waals surface area contributed by atoms with E-state index in [1.54, 1.807) is 7.11 Å². The van der Waals surface area contributed by atoms with Crippen molar-refractivity contribution >= 4 is 0 Å². The van der Waals surface area contributed by atoms with Crippen LogP contribution in [-0.2, 0) is 16.8 Å². The highest BCUT2D eigenvalue weighted by Crippen LogP contribution is 2.49. The minimum absolute atomic E-state index is 0.127. The maximum Gasteiger partial charge on any atom is 0.0684 e. The number of rotatable bonds is 4. The first-order valence-electron chi connectivity index (χ1n) is 5.00. The molecule has 0 saturated heterocycles. The first-order chi connectivity index (χ1) is 6.82. The lowest BCUT2D eigenvalue weighted by Crippen LogP contribution is -2.16. The van der Waals surface area contributed by atoms with Crippen LogP contribution < -0.4 is 0 Å². The summed E-state index contributed by atoms with van der Waals surface area (Å²) in [6.45, 7) is 0.894. The number of hydrogen-bond donors (Lipinski definition) is 1. The summed E-state index contributed by atoms with van der Waals surface area (Å²) in [6.07, 6.45) is 2.36. The Morgan fingerprint density at radius 2 is 2.07 bits per heavy atom. The van der Waals surface area contributed by atoms with Gasteiger partial charge in [0.2, 0.25) is 0 Å². The summed E-state index contributed by atoms with van der Waals surface area (Å²) < 4.78 is 5.24. The molecule has 0 amide bonds. The lowest BCUT2D eigenvalue weighted by molar-refractivity contribution is 0.170. The van der Waals surface area contributed by atoms with Gasteiger partial charge in [0.05, 0.1) is 13.2 Å². The maximum absolute atomic E-state index is 9.24. The van der Waals surface area contributed by atoms with Gasteiger partial charge >= 0.3 is 0 Å². The molecule has 1 fully saturated rings. The maximum atomic E-state index is 9.24. The van der Waals surface area contributed by atoms with Gasteiger partial charge in [-0.2, -0.15) is 0 Å². The molecule has 2 nitrogen and oxygen atoms in total. The molecule has 2 rings (SSSR count). The number of benzene rings is 1. The van der Waals surface area contributed by atoms with Crippen molar-refractivity contribution in [3.8, 4) is 0 Å². The third-order valence-corrected chi connectivity index (χ3v) is 3.03. The van der Waals surface area contributed by atoms with Crippen LogP contribution in [0.15, 0.2) is 24.3 Å². The zero-order valence-corrected chi connectivity index (χ0v) is 8.49. The Bertz CT molecular complexity index is 316. The van der Waals surface area contributed by atoms with Crippen LogP contribution in [0, 0.1) is 0 Å². The van der Waals surface area contributed by atoms with E-state index in [0.29, 0.717) is 0 Å². The Morgan fingerprint density at radius 3 is 2.64 bits per heavy atom. The van der Waals surface area contributed by atoms with Gasteiger partial charge in [0.15, 0.2) is 0 Å². The molecular weight excluding hydrogens is 176 g/mol. The smallest absolute Gasteiger partial charge is 0.0684 e. The molecule has 1 aromatic carbocycles. The number of ether oxygens (including phenoxy) is 1. The molecule has 0 spiro atoms. The number of aliphatic hydroxyl groups excluding tert-OH is 1. The Balaban J connectivity index is 2.31. The fourth-order valence-electron chi connectivity index (χ4n) is 2.09. The van der Waals surface area contributed by atoms with Crippen molar-refractivity contribution in [2.24, 2.45) is 0 Å². The van der Waals surface area contributed by atoms with E-state index in [0.717, 1.165) is 12.2 Å². The van der Waals surface area contributed by atoms with Crippen molar-refractivity contribution in [3.05, 3.63) is 35.4 Å². The van der Waals surface area contributed by atoms with Gasteiger partial charge in [-0.25, -0.2) is 0 Å². The third kappa shape index (κ3) is 1.56. The minimum atomic E-state index is 0.127. The molecule has 2 heteroatoms. The molecule has 0 heterocycles. The van der Waals surface area contributed by atoms with E-state index in [4.69, 9.17) is 4.74 Å². The van der Waals surface area contributed by atoms with Crippen LogP contribution in [-0.4, -0.2) is 18.8 Å². The van der Waals surface area contributed by atoms with Crippen LogP contribution in [0.1, 0.15) is 24.0 Å².